The quantitative estimate of drug-likeness (QED) is 0.811. The molecule has 0 heterocycles. The molecular formula is C15H20FNO4. The van der Waals surface area contributed by atoms with Crippen LogP contribution in [0.1, 0.15) is 37.6 Å². The number of rotatable bonds is 7. The first-order valence-corrected chi connectivity index (χ1v) is 6.76. The summed E-state index contributed by atoms with van der Waals surface area (Å²) >= 11 is 0. The van der Waals surface area contributed by atoms with E-state index >= 15 is 0 Å². The van der Waals surface area contributed by atoms with Crippen molar-refractivity contribution in [3.05, 3.63) is 29.6 Å². The predicted octanol–water partition coefficient (Wildman–Crippen LogP) is 2.91. The molecule has 1 aromatic carbocycles. The van der Waals surface area contributed by atoms with Gasteiger partial charge in [-0.1, -0.05) is 13.8 Å². The highest BCUT2D eigenvalue weighted by molar-refractivity contribution is 5.95. The van der Waals surface area contributed by atoms with Crippen LogP contribution in [0.15, 0.2) is 18.2 Å². The molecule has 0 aliphatic rings. The molecule has 0 aromatic heterocycles. The summed E-state index contributed by atoms with van der Waals surface area (Å²) in [6.45, 7) is 6.13. The second kappa shape index (κ2) is 7.73. The molecule has 1 rings (SSSR count). The SMILES string of the molecule is CC(C)CCOC(C)C(=O)Nc1ccc(C(=O)O)cc1F. The van der Waals surface area contributed by atoms with Gasteiger partial charge in [0, 0.05) is 6.61 Å². The predicted molar refractivity (Wildman–Crippen MR) is 76.9 cm³/mol. The summed E-state index contributed by atoms with van der Waals surface area (Å²) < 4.78 is 19.0. The highest BCUT2D eigenvalue weighted by atomic mass is 19.1. The van der Waals surface area contributed by atoms with E-state index in [1.54, 1.807) is 6.92 Å². The molecule has 1 amide bonds. The Balaban J connectivity index is 2.60. The van der Waals surface area contributed by atoms with Gasteiger partial charge in [-0.15, -0.1) is 0 Å². The van der Waals surface area contributed by atoms with Gasteiger partial charge in [0.15, 0.2) is 0 Å². The largest absolute Gasteiger partial charge is 0.478 e. The Hall–Kier alpha value is -1.95. The summed E-state index contributed by atoms with van der Waals surface area (Å²) in [6.07, 6.45) is 0.126. The van der Waals surface area contributed by atoms with E-state index in [4.69, 9.17) is 9.84 Å². The molecule has 6 heteroatoms. The van der Waals surface area contributed by atoms with Crippen LogP contribution < -0.4 is 5.32 Å². The third-order valence-electron chi connectivity index (χ3n) is 2.91. The Labute approximate surface area is 123 Å². The lowest BCUT2D eigenvalue weighted by molar-refractivity contribution is -0.126. The molecule has 0 spiro atoms. The van der Waals surface area contributed by atoms with Crippen molar-refractivity contribution in [1.29, 1.82) is 0 Å². The maximum atomic E-state index is 13.7. The maximum absolute atomic E-state index is 13.7. The molecule has 2 N–H and O–H groups in total. The van der Waals surface area contributed by atoms with Crippen LogP contribution in [0.5, 0.6) is 0 Å². The zero-order valence-corrected chi connectivity index (χ0v) is 12.4. The first-order chi connectivity index (χ1) is 9.81. The molecular weight excluding hydrogens is 277 g/mol. The highest BCUT2D eigenvalue weighted by Gasteiger charge is 2.16. The molecule has 5 nitrogen and oxygen atoms in total. The van der Waals surface area contributed by atoms with Crippen LogP contribution in [-0.2, 0) is 9.53 Å². The Morgan fingerprint density at radius 2 is 2.00 bits per heavy atom. The lowest BCUT2D eigenvalue weighted by Crippen LogP contribution is -2.28. The van der Waals surface area contributed by atoms with E-state index in [2.05, 4.69) is 5.32 Å². The molecule has 0 saturated heterocycles. The molecule has 21 heavy (non-hydrogen) atoms. The number of carbonyl (C=O) groups excluding carboxylic acids is 1. The first kappa shape index (κ1) is 17.1. The van der Waals surface area contributed by atoms with Crippen LogP contribution in [-0.4, -0.2) is 29.7 Å². The fraction of sp³-hybridized carbons (Fsp3) is 0.467. The van der Waals surface area contributed by atoms with E-state index in [0.717, 1.165) is 12.5 Å². The minimum absolute atomic E-state index is 0.0655. The number of halogens is 1. The van der Waals surface area contributed by atoms with Crippen molar-refractivity contribution in [3.63, 3.8) is 0 Å². The van der Waals surface area contributed by atoms with Gasteiger partial charge in [-0.2, -0.15) is 0 Å². The first-order valence-electron chi connectivity index (χ1n) is 6.76. The average Bonchev–Trinajstić information content (AvgIpc) is 2.40. The molecule has 0 aliphatic carbocycles. The third kappa shape index (κ3) is 5.51. The number of benzene rings is 1. The Kier molecular flexibility index (Phi) is 6.30. The van der Waals surface area contributed by atoms with Crippen molar-refractivity contribution in [2.45, 2.75) is 33.3 Å². The van der Waals surface area contributed by atoms with Gasteiger partial charge in [0.05, 0.1) is 11.3 Å². The number of amides is 1. The number of ether oxygens (including phenoxy) is 1. The van der Waals surface area contributed by atoms with Crippen molar-refractivity contribution in [1.82, 2.24) is 0 Å². The van der Waals surface area contributed by atoms with Crippen LogP contribution in [0.3, 0.4) is 0 Å². The summed E-state index contributed by atoms with van der Waals surface area (Å²) in [4.78, 5) is 22.5. The number of hydrogen-bond donors (Lipinski definition) is 2. The number of carbonyl (C=O) groups is 2. The van der Waals surface area contributed by atoms with Crippen molar-refractivity contribution >= 4 is 17.6 Å². The van der Waals surface area contributed by atoms with E-state index in [-0.39, 0.29) is 11.3 Å². The fourth-order valence-electron chi connectivity index (χ4n) is 1.54. The molecule has 0 bridgehead atoms. The van der Waals surface area contributed by atoms with E-state index < -0.39 is 23.8 Å². The molecule has 0 saturated carbocycles. The molecule has 116 valence electrons. The van der Waals surface area contributed by atoms with Crippen molar-refractivity contribution in [2.24, 2.45) is 5.92 Å². The van der Waals surface area contributed by atoms with Crippen LogP contribution in [0.25, 0.3) is 0 Å². The van der Waals surface area contributed by atoms with E-state index in [0.29, 0.717) is 12.5 Å². The summed E-state index contributed by atoms with van der Waals surface area (Å²) in [5.41, 5.74) is -0.240. The van der Waals surface area contributed by atoms with Crippen molar-refractivity contribution in [2.75, 3.05) is 11.9 Å². The standard InChI is InChI=1S/C15H20FNO4/c1-9(2)6-7-21-10(3)14(18)17-13-5-4-11(15(19)20)8-12(13)16/h4-5,8-10H,6-7H2,1-3H3,(H,17,18)(H,19,20). The maximum Gasteiger partial charge on any atom is 0.335 e. The van der Waals surface area contributed by atoms with Gasteiger partial charge in [-0.05, 0) is 37.5 Å². The van der Waals surface area contributed by atoms with Gasteiger partial charge in [0.25, 0.3) is 5.91 Å². The zero-order valence-electron chi connectivity index (χ0n) is 12.4. The minimum Gasteiger partial charge on any atom is -0.478 e. The van der Waals surface area contributed by atoms with Crippen molar-refractivity contribution in [3.8, 4) is 0 Å². The van der Waals surface area contributed by atoms with E-state index in [1.807, 2.05) is 13.8 Å². The highest BCUT2D eigenvalue weighted by Crippen LogP contribution is 2.16. The number of carboxylic acids is 1. The number of hydrogen-bond acceptors (Lipinski definition) is 3. The smallest absolute Gasteiger partial charge is 0.335 e. The van der Waals surface area contributed by atoms with E-state index in [1.165, 1.54) is 12.1 Å². The summed E-state index contributed by atoms with van der Waals surface area (Å²) in [5, 5.41) is 11.1. The molecule has 1 aromatic rings. The van der Waals surface area contributed by atoms with E-state index in [9.17, 15) is 14.0 Å². The van der Waals surface area contributed by atoms with Crippen LogP contribution in [0.4, 0.5) is 10.1 Å². The Morgan fingerprint density at radius 1 is 1.33 bits per heavy atom. The number of nitrogens with one attached hydrogen (secondary N) is 1. The van der Waals surface area contributed by atoms with Crippen molar-refractivity contribution < 1.29 is 23.8 Å². The lowest BCUT2D eigenvalue weighted by atomic mass is 10.1. The summed E-state index contributed by atoms with van der Waals surface area (Å²) in [5.74, 6) is -2.02. The Bertz CT molecular complexity index is 516. The lowest BCUT2D eigenvalue weighted by Gasteiger charge is -2.14. The topological polar surface area (TPSA) is 75.6 Å². The molecule has 0 aliphatic heterocycles. The van der Waals surface area contributed by atoms with Gasteiger partial charge in [0.2, 0.25) is 0 Å². The van der Waals surface area contributed by atoms with Crippen LogP contribution in [0, 0.1) is 11.7 Å². The third-order valence-corrected chi connectivity index (χ3v) is 2.91. The number of carboxylic acid groups (broad SMARTS) is 1. The molecule has 1 atom stereocenters. The molecule has 0 fully saturated rings. The second-order valence-electron chi connectivity index (χ2n) is 5.18. The van der Waals surface area contributed by atoms with Gasteiger partial charge >= 0.3 is 5.97 Å². The van der Waals surface area contributed by atoms with Gasteiger partial charge < -0.3 is 15.2 Å². The Morgan fingerprint density at radius 3 is 2.52 bits per heavy atom. The van der Waals surface area contributed by atoms with Crippen LogP contribution >= 0.6 is 0 Å². The molecule has 0 radical (unpaired) electrons. The monoisotopic (exact) mass is 297 g/mol. The minimum atomic E-state index is -1.22. The summed E-state index contributed by atoms with van der Waals surface area (Å²) in [7, 11) is 0. The average molecular weight is 297 g/mol. The van der Waals surface area contributed by atoms with Gasteiger partial charge in [-0.25, -0.2) is 9.18 Å². The van der Waals surface area contributed by atoms with Gasteiger partial charge in [0.1, 0.15) is 11.9 Å². The zero-order chi connectivity index (χ0) is 16.0. The number of aromatic carboxylic acids is 1. The van der Waals surface area contributed by atoms with Crippen LogP contribution in [0.2, 0.25) is 0 Å². The normalized spacial score (nSPS) is 12.2. The second-order valence-corrected chi connectivity index (χ2v) is 5.18. The number of anilines is 1. The van der Waals surface area contributed by atoms with Gasteiger partial charge in [-0.3, -0.25) is 4.79 Å². The fourth-order valence-corrected chi connectivity index (χ4v) is 1.54. The molecule has 1 unspecified atom stereocenters. The summed E-state index contributed by atoms with van der Waals surface area (Å²) in [6, 6.07) is 3.31.